The molecule has 0 aliphatic heterocycles. The van der Waals surface area contributed by atoms with Gasteiger partial charge < -0.3 is 9.64 Å². The number of hydrogen-bond acceptors (Lipinski definition) is 8. The molecule has 8 nitrogen and oxygen atoms in total. The van der Waals surface area contributed by atoms with Crippen molar-refractivity contribution in [2.45, 2.75) is 19.9 Å². The Kier molecular flexibility index (Phi) is 7.34. The van der Waals surface area contributed by atoms with Crippen molar-refractivity contribution in [3.05, 3.63) is 90.9 Å². The van der Waals surface area contributed by atoms with Gasteiger partial charge in [0.25, 0.3) is 0 Å². The number of ether oxygens (including phenoxy) is 1. The number of methoxy groups -OCH3 is 1. The summed E-state index contributed by atoms with van der Waals surface area (Å²) >= 11 is 1.58. The third kappa shape index (κ3) is 5.58. The Balaban J connectivity index is 1.61. The van der Waals surface area contributed by atoms with E-state index >= 15 is 0 Å². The number of fused-ring (bicyclic) bond motifs is 1. The predicted octanol–water partition coefficient (Wildman–Crippen LogP) is 5.77. The van der Waals surface area contributed by atoms with Gasteiger partial charge in [-0.05, 0) is 62.5 Å². The lowest BCUT2D eigenvalue weighted by atomic mass is 10.1. The zero-order valence-corrected chi connectivity index (χ0v) is 22.2. The molecule has 1 aromatic carbocycles. The number of hydrogen-bond donors (Lipinski definition) is 0. The Labute approximate surface area is 221 Å². The van der Waals surface area contributed by atoms with E-state index in [4.69, 9.17) is 9.72 Å². The predicted molar refractivity (Wildman–Crippen MR) is 150 cm³/mol. The molecule has 0 aliphatic carbocycles. The van der Waals surface area contributed by atoms with Crippen molar-refractivity contribution in [1.82, 2.24) is 28.2 Å². The molecule has 5 aromatic rings. The summed E-state index contributed by atoms with van der Waals surface area (Å²) < 4.78 is 9.74. The molecule has 0 N–H and O–H groups in total. The van der Waals surface area contributed by atoms with Gasteiger partial charge in [-0.1, -0.05) is 13.0 Å². The second-order valence-electron chi connectivity index (χ2n) is 8.72. The Morgan fingerprint density at radius 3 is 2.59 bits per heavy atom. The van der Waals surface area contributed by atoms with Crippen LogP contribution in [-0.2, 0) is 13.0 Å². The zero-order chi connectivity index (χ0) is 25.8. The van der Waals surface area contributed by atoms with E-state index in [1.807, 2.05) is 73.5 Å². The lowest BCUT2D eigenvalue weighted by Gasteiger charge is -2.25. The van der Waals surface area contributed by atoms with Crippen molar-refractivity contribution in [2.75, 3.05) is 26.1 Å². The number of rotatable bonds is 9. The van der Waals surface area contributed by atoms with Crippen molar-refractivity contribution >= 4 is 34.7 Å². The van der Waals surface area contributed by atoms with Gasteiger partial charge in [0, 0.05) is 66.0 Å². The second kappa shape index (κ2) is 11.0. The van der Waals surface area contributed by atoms with Gasteiger partial charge in [-0.3, -0.25) is 13.9 Å². The molecular weight excluding hydrogens is 482 g/mol. The van der Waals surface area contributed by atoms with Crippen LogP contribution in [0.3, 0.4) is 0 Å². The summed E-state index contributed by atoms with van der Waals surface area (Å²) in [6.07, 6.45) is 10.2. The molecule has 0 saturated heterocycles. The number of aryl methyl sites for hydroxylation is 1. The molecule has 0 saturated carbocycles. The maximum Gasteiger partial charge on any atom is 0.139 e. The Morgan fingerprint density at radius 1 is 0.946 bits per heavy atom. The highest BCUT2D eigenvalue weighted by Gasteiger charge is 2.18. The van der Waals surface area contributed by atoms with E-state index in [0.29, 0.717) is 6.54 Å². The fourth-order valence-electron chi connectivity index (χ4n) is 4.09. The van der Waals surface area contributed by atoms with Gasteiger partial charge in [-0.15, -0.1) is 0 Å². The molecule has 5 rings (SSSR count). The first-order valence-electron chi connectivity index (χ1n) is 12.0. The topological polar surface area (TPSA) is 72.2 Å². The summed E-state index contributed by atoms with van der Waals surface area (Å²) in [5.41, 5.74) is 5.80. The van der Waals surface area contributed by atoms with Crippen molar-refractivity contribution in [1.29, 1.82) is 0 Å². The summed E-state index contributed by atoms with van der Waals surface area (Å²) in [5, 5.41) is 0. The molecular formula is C28H29N7OS. The number of nitrogens with zero attached hydrogens (tertiary/aromatic N) is 7. The van der Waals surface area contributed by atoms with E-state index in [2.05, 4.69) is 48.9 Å². The lowest BCUT2D eigenvalue weighted by molar-refractivity contribution is 0.414. The standard InChI is InChI=1S/C28H29N7OS/c1-5-20-13-23(16-24(14-20)36-4)34(19-28-30-11-12-35(28)37-33(2)3)27-9-8-25-26(32-27)15-22(18-31-25)21-7-6-10-29-17-21/h6-18H,5,19H2,1-4H3. The van der Waals surface area contributed by atoms with Gasteiger partial charge in [-0.2, -0.15) is 0 Å². The molecule has 188 valence electrons. The van der Waals surface area contributed by atoms with Crippen LogP contribution in [0.2, 0.25) is 0 Å². The molecule has 0 bridgehead atoms. The minimum atomic E-state index is 0.526. The summed E-state index contributed by atoms with van der Waals surface area (Å²) in [5.74, 6) is 2.52. The first kappa shape index (κ1) is 24.7. The van der Waals surface area contributed by atoms with E-state index in [1.54, 1.807) is 25.4 Å². The number of pyridine rings is 3. The van der Waals surface area contributed by atoms with Gasteiger partial charge in [0.05, 0.1) is 24.7 Å². The van der Waals surface area contributed by atoms with Crippen LogP contribution in [0.25, 0.3) is 22.2 Å². The monoisotopic (exact) mass is 511 g/mol. The number of benzene rings is 1. The maximum atomic E-state index is 5.64. The summed E-state index contributed by atoms with van der Waals surface area (Å²) in [7, 11) is 5.72. The quantitative estimate of drug-likeness (QED) is 0.231. The molecule has 0 radical (unpaired) electrons. The average Bonchev–Trinajstić information content (AvgIpc) is 3.36. The minimum Gasteiger partial charge on any atom is -0.497 e. The normalized spacial score (nSPS) is 11.3. The van der Waals surface area contributed by atoms with Gasteiger partial charge in [0.1, 0.15) is 17.4 Å². The van der Waals surface area contributed by atoms with Gasteiger partial charge in [0.15, 0.2) is 0 Å². The first-order chi connectivity index (χ1) is 18.0. The van der Waals surface area contributed by atoms with Gasteiger partial charge in [0.2, 0.25) is 0 Å². The van der Waals surface area contributed by atoms with Crippen LogP contribution < -0.4 is 9.64 Å². The van der Waals surface area contributed by atoms with Crippen LogP contribution in [0.15, 0.2) is 79.5 Å². The number of imidazole rings is 1. The molecule has 0 atom stereocenters. The van der Waals surface area contributed by atoms with Gasteiger partial charge in [-0.25, -0.2) is 14.3 Å². The van der Waals surface area contributed by atoms with Crippen LogP contribution in [-0.4, -0.2) is 49.4 Å². The van der Waals surface area contributed by atoms with Crippen LogP contribution in [0, 0.1) is 0 Å². The Bertz CT molecular complexity index is 1480. The third-order valence-corrected chi connectivity index (χ3v) is 6.77. The smallest absolute Gasteiger partial charge is 0.139 e. The highest BCUT2D eigenvalue weighted by Crippen LogP contribution is 2.32. The maximum absolute atomic E-state index is 5.64. The molecule has 0 unspecified atom stereocenters. The fraction of sp³-hybridized carbons (Fsp3) is 0.214. The molecule has 37 heavy (non-hydrogen) atoms. The third-order valence-electron chi connectivity index (χ3n) is 5.93. The van der Waals surface area contributed by atoms with Crippen molar-refractivity contribution in [3.63, 3.8) is 0 Å². The van der Waals surface area contributed by atoms with Crippen LogP contribution in [0.1, 0.15) is 18.3 Å². The van der Waals surface area contributed by atoms with E-state index in [-0.39, 0.29) is 0 Å². The molecule has 0 aliphatic rings. The number of aromatic nitrogens is 5. The Morgan fingerprint density at radius 2 is 1.84 bits per heavy atom. The molecule has 9 heteroatoms. The summed E-state index contributed by atoms with van der Waals surface area (Å²) in [4.78, 5) is 20.8. The second-order valence-corrected chi connectivity index (χ2v) is 10.0. The summed E-state index contributed by atoms with van der Waals surface area (Å²) in [6, 6.07) is 16.3. The molecule has 4 heterocycles. The summed E-state index contributed by atoms with van der Waals surface area (Å²) in [6.45, 7) is 2.67. The fourth-order valence-corrected chi connectivity index (χ4v) is 4.75. The number of anilines is 2. The van der Waals surface area contributed by atoms with Crippen molar-refractivity contribution < 1.29 is 4.74 Å². The minimum absolute atomic E-state index is 0.526. The van der Waals surface area contributed by atoms with E-state index in [1.165, 1.54) is 5.56 Å². The van der Waals surface area contributed by atoms with Crippen molar-refractivity contribution in [3.8, 4) is 16.9 Å². The van der Waals surface area contributed by atoms with Crippen molar-refractivity contribution in [2.24, 2.45) is 0 Å². The van der Waals surface area contributed by atoms with Crippen LogP contribution in [0.4, 0.5) is 11.5 Å². The highest BCUT2D eigenvalue weighted by atomic mass is 32.2. The molecule has 0 fully saturated rings. The highest BCUT2D eigenvalue weighted by molar-refractivity contribution is 7.95. The van der Waals surface area contributed by atoms with Crippen LogP contribution >= 0.6 is 12.1 Å². The van der Waals surface area contributed by atoms with E-state index in [0.717, 1.165) is 51.7 Å². The lowest BCUT2D eigenvalue weighted by Crippen LogP contribution is -2.21. The SMILES string of the molecule is CCc1cc(OC)cc(N(Cc2nccn2SN(C)C)c2ccc3ncc(-c4cccnc4)cc3n2)c1. The van der Waals surface area contributed by atoms with Crippen LogP contribution in [0.5, 0.6) is 5.75 Å². The zero-order valence-electron chi connectivity index (χ0n) is 21.4. The Hall–Kier alpha value is -3.95. The van der Waals surface area contributed by atoms with E-state index < -0.39 is 0 Å². The largest absolute Gasteiger partial charge is 0.497 e. The average molecular weight is 512 g/mol. The van der Waals surface area contributed by atoms with Gasteiger partial charge >= 0.3 is 0 Å². The van der Waals surface area contributed by atoms with E-state index in [9.17, 15) is 0 Å². The first-order valence-corrected chi connectivity index (χ1v) is 12.8. The molecule has 0 amide bonds. The molecule has 4 aromatic heterocycles. The molecule has 0 spiro atoms.